The van der Waals surface area contributed by atoms with Gasteiger partial charge in [0.2, 0.25) is 5.95 Å². The minimum atomic E-state index is 0.0173. The molecule has 1 aliphatic carbocycles. The third-order valence-electron chi connectivity index (χ3n) is 12.4. The summed E-state index contributed by atoms with van der Waals surface area (Å²) in [5, 5.41) is 8.32. The van der Waals surface area contributed by atoms with Crippen LogP contribution in [-0.2, 0) is 0 Å². The molecule has 0 radical (unpaired) electrons. The van der Waals surface area contributed by atoms with Crippen molar-refractivity contribution in [2.75, 3.05) is 0 Å². The van der Waals surface area contributed by atoms with Crippen molar-refractivity contribution < 1.29 is 4.74 Å². The molecule has 1 atom stereocenters. The second-order valence-corrected chi connectivity index (χ2v) is 15.6. The number of allylic oxidation sites excluding steroid dienone is 2. The SMILES string of the molecule is C1=C(c2nc(-n3c4ccccc4c4ccc(-c5cc6c(c7ccccc57)c5ccccc5n6-c5ccccc5)cc43)nc3ccccc23)C=C2c3ccccc3OC2C1. The van der Waals surface area contributed by atoms with E-state index in [1.165, 1.54) is 49.1 Å². The third kappa shape index (κ3) is 4.73. The van der Waals surface area contributed by atoms with Gasteiger partial charge in [-0.15, -0.1) is 0 Å². The number of hydrogen-bond donors (Lipinski definition) is 0. The highest BCUT2D eigenvalue weighted by molar-refractivity contribution is 6.24. The largest absolute Gasteiger partial charge is 0.485 e. The Kier molecular flexibility index (Phi) is 6.78. The Hall–Kier alpha value is -7.76. The first-order chi connectivity index (χ1) is 29.3. The quantitative estimate of drug-likeness (QED) is 0.180. The summed E-state index contributed by atoms with van der Waals surface area (Å²) in [5.74, 6) is 1.59. The van der Waals surface area contributed by atoms with Crippen molar-refractivity contribution in [1.82, 2.24) is 19.1 Å². The molecule has 5 nitrogen and oxygen atoms in total. The van der Waals surface area contributed by atoms with Gasteiger partial charge in [0, 0.05) is 50.2 Å². The Morgan fingerprint density at radius 3 is 2.03 bits per heavy atom. The molecule has 2 aliphatic rings. The van der Waals surface area contributed by atoms with Crippen molar-refractivity contribution in [3.05, 3.63) is 199 Å². The zero-order valence-electron chi connectivity index (χ0n) is 31.9. The fraction of sp³-hybridized carbons (Fsp3) is 0.0370. The Labute approximate surface area is 339 Å². The van der Waals surface area contributed by atoms with Gasteiger partial charge in [0.15, 0.2) is 0 Å². The van der Waals surface area contributed by atoms with E-state index in [0.29, 0.717) is 5.95 Å². The summed E-state index contributed by atoms with van der Waals surface area (Å²) >= 11 is 0. The van der Waals surface area contributed by atoms with E-state index in [-0.39, 0.29) is 6.10 Å². The highest BCUT2D eigenvalue weighted by Crippen LogP contribution is 2.45. The maximum atomic E-state index is 6.35. The van der Waals surface area contributed by atoms with E-state index in [1.54, 1.807) is 0 Å². The summed E-state index contributed by atoms with van der Waals surface area (Å²) in [5.41, 5.74) is 13.3. The molecule has 11 aromatic rings. The molecule has 8 aromatic carbocycles. The maximum absolute atomic E-state index is 6.35. The van der Waals surface area contributed by atoms with Crippen molar-refractivity contribution in [3.8, 4) is 28.5 Å². The first kappa shape index (κ1) is 32.3. The van der Waals surface area contributed by atoms with Crippen molar-refractivity contribution >= 4 is 76.4 Å². The number of aromatic nitrogens is 4. The molecule has 13 rings (SSSR count). The van der Waals surface area contributed by atoms with E-state index in [9.17, 15) is 0 Å². The highest BCUT2D eigenvalue weighted by atomic mass is 16.5. The number of para-hydroxylation sites is 5. The Bertz CT molecular complexity index is 3630. The van der Waals surface area contributed by atoms with Crippen LogP contribution < -0.4 is 4.74 Å². The van der Waals surface area contributed by atoms with Crippen LogP contribution in [0.2, 0.25) is 0 Å². The van der Waals surface area contributed by atoms with Crippen LogP contribution in [0.4, 0.5) is 0 Å². The standard InChI is InChI=1S/C54H34N4O/c1-2-14-35(15-3-1)57-47-24-12-8-21-42(47)52-40-19-5-4-16-36(40)43(32-49(52)57)33-26-28-38-37-17-7-11-23-46(37)58(48(38)31-33)54-55-45-22-10-6-20-41(45)53(56-54)34-27-29-51-44(30-34)39-18-9-13-25-50(39)59-51/h1-28,30-32,51H,29H2. The van der Waals surface area contributed by atoms with Gasteiger partial charge in [-0.05, 0) is 82.1 Å². The summed E-state index contributed by atoms with van der Waals surface area (Å²) < 4.78 is 11.0. The van der Waals surface area contributed by atoms with Gasteiger partial charge in [-0.25, -0.2) is 9.97 Å². The molecule has 59 heavy (non-hydrogen) atoms. The van der Waals surface area contributed by atoms with Crippen LogP contribution in [0.3, 0.4) is 0 Å². The molecule has 0 fully saturated rings. The fourth-order valence-electron chi connectivity index (χ4n) is 9.83. The van der Waals surface area contributed by atoms with E-state index in [2.05, 4.69) is 191 Å². The number of hydrogen-bond acceptors (Lipinski definition) is 3. The molecule has 0 spiro atoms. The molecule has 4 heterocycles. The van der Waals surface area contributed by atoms with Gasteiger partial charge >= 0.3 is 0 Å². The van der Waals surface area contributed by atoms with Crippen LogP contribution >= 0.6 is 0 Å². The van der Waals surface area contributed by atoms with Gasteiger partial charge in [0.05, 0.1) is 33.3 Å². The molecule has 0 bridgehead atoms. The second kappa shape index (κ2) is 12.4. The third-order valence-corrected chi connectivity index (χ3v) is 12.4. The second-order valence-electron chi connectivity index (χ2n) is 15.6. The van der Waals surface area contributed by atoms with Gasteiger partial charge < -0.3 is 9.30 Å². The smallest absolute Gasteiger partial charge is 0.235 e. The molecule has 0 N–H and O–H groups in total. The molecule has 1 aliphatic heterocycles. The number of benzene rings is 8. The summed E-state index contributed by atoms with van der Waals surface area (Å²) in [6, 6.07) is 63.0. The van der Waals surface area contributed by atoms with Crippen molar-refractivity contribution in [2.45, 2.75) is 12.5 Å². The van der Waals surface area contributed by atoms with Crippen LogP contribution in [0, 0.1) is 0 Å². The van der Waals surface area contributed by atoms with Crippen molar-refractivity contribution in [1.29, 1.82) is 0 Å². The molecular formula is C54H34N4O. The summed E-state index contributed by atoms with van der Waals surface area (Å²) in [7, 11) is 0. The maximum Gasteiger partial charge on any atom is 0.235 e. The molecule has 0 saturated carbocycles. The highest BCUT2D eigenvalue weighted by Gasteiger charge is 2.31. The molecule has 276 valence electrons. The normalized spacial score (nSPS) is 14.9. The predicted molar refractivity (Wildman–Crippen MR) is 243 cm³/mol. The molecular weight excluding hydrogens is 721 g/mol. The minimum Gasteiger partial charge on any atom is -0.485 e. The predicted octanol–water partition coefficient (Wildman–Crippen LogP) is 13.3. The number of fused-ring (bicyclic) bond motifs is 12. The Morgan fingerprint density at radius 2 is 1.17 bits per heavy atom. The average molecular weight is 755 g/mol. The molecule has 0 saturated heterocycles. The Morgan fingerprint density at radius 1 is 0.492 bits per heavy atom. The van der Waals surface area contributed by atoms with Gasteiger partial charge in [-0.2, -0.15) is 0 Å². The zero-order chi connectivity index (χ0) is 38.6. The van der Waals surface area contributed by atoms with Crippen LogP contribution in [0.5, 0.6) is 5.75 Å². The first-order valence-electron chi connectivity index (χ1n) is 20.3. The summed E-state index contributed by atoms with van der Waals surface area (Å²) in [6.07, 6.45) is 5.35. The van der Waals surface area contributed by atoms with Gasteiger partial charge in [0.25, 0.3) is 0 Å². The summed E-state index contributed by atoms with van der Waals surface area (Å²) in [4.78, 5) is 10.8. The van der Waals surface area contributed by atoms with E-state index >= 15 is 0 Å². The van der Waals surface area contributed by atoms with E-state index in [4.69, 9.17) is 14.7 Å². The number of rotatable bonds is 4. The first-order valence-corrected chi connectivity index (χ1v) is 20.3. The molecule has 3 aromatic heterocycles. The lowest BCUT2D eigenvalue weighted by Crippen LogP contribution is -2.14. The van der Waals surface area contributed by atoms with Crippen LogP contribution in [-0.4, -0.2) is 25.2 Å². The Balaban J connectivity index is 1.06. The van der Waals surface area contributed by atoms with Crippen molar-refractivity contribution in [2.24, 2.45) is 0 Å². The lowest BCUT2D eigenvalue weighted by Gasteiger charge is -2.18. The molecule has 0 amide bonds. The lowest BCUT2D eigenvalue weighted by atomic mass is 9.91. The monoisotopic (exact) mass is 754 g/mol. The average Bonchev–Trinajstić information content (AvgIpc) is 3.96. The fourth-order valence-corrected chi connectivity index (χ4v) is 9.83. The van der Waals surface area contributed by atoms with Crippen LogP contribution in [0.1, 0.15) is 17.7 Å². The molecule has 5 heteroatoms. The zero-order valence-corrected chi connectivity index (χ0v) is 31.9. The topological polar surface area (TPSA) is 44.9 Å². The summed E-state index contributed by atoms with van der Waals surface area (Å²) in [6.45, 7) is 0. The van der Waals surface area contributed by atoms with E-state index < -0.39 is 0 Å². The molecule has 1 unspecified atom stereocenters. The number of ether oxygens (including phenoxy) is 1. The number of nitrogens with zero attached hydrogens (tertiary/aromatic N) is 4. The van der Waals surface area contributed by atoms with E-state index in [1.807, 2.05) is 6.07 Å². The van der Waals surface area contributed by atoms with Gasteiger partial charge in [-0.3, -0.25) is 4.57 Å². The van der Waals surface area contributed by atoms with Gasteiger partial charge in [0.1, 0.15) is 11.9 Å². The van der Waals surface area contributed by atoms with Crippen LogP contribution in [0.25, 0.3) is 99.2 Å². The van der Waals surface area contributed by atoms with Crippen molar-refractivity contribution in [3.63, 3.8) is 0 Å². The van der Waals surface area contributed by atoms with Gasteiger partial charge in [-0.1, -0.05) is 133 Å². The minimum absolute atomic E-state index is 0.0173. The van der Waals surface area contributed by atoms with E-state index in [0.717, 1.165) is 67.6 Å². The lowest BCUT2D eigenvalue weighted by molar-refractivity contribution is 0.279. The van der Waals surface area contributed by atoms with Crippen LogP contribution in [0.15, 0.2) is 188 Å².